The van der Waals surface area contributed by atoms with Gasteiger partial charge in [0, 0.05) is 24.9 Å². The van der Waals surface area contributed by atoms with Crippen LogP contribution in [0.4, 0.5) is 13.2 Å². The van der Waals surface area contributed by atoms with Gasteiger partial charge < -0.3 is 20.1 Å². The van der Waals surface area contributed by atoms with Crippen LogP contribution < -0.4 is 20.1 Å². The van der Waals surface area contributed by atoms with Crippen molar-refractivity contribution in [1.29, 1.82) is 0 Å². The molecule has 9 heteroatoms. The molecule has 1 aliphatic heterocycles. The second kappa shape index (κ2) is 8.33. The Morgan fingerprint density at radius 1 is 1.37 bits per heavy atom. The number of ether oxygens (including phenoxy) is 2. The van der Waals surface area contributed by atoms with Crippen LogP contribution in [0.3, 0.4) is 0 Å². The minimum atomic E-state index is -2.80. The van der Waals surface area contributed by atoms with Gasteiger partial charge in [0.1, 0.15) is 6.10 Å². The van der Waals surface area contributed by atoms with Gasteiger partial charge in [-0.1, -0.05) is 0 Å². The van der Waals surface area contributed by atoms with Gasteiger partial charge in [0.2, 0.25) is 11.8 Å². The van der Waals surface area contributed by atoms with E-state index in [1.807, 2.05) is 0 Å². The summed E-state index contributed by atoms with van der Waals surface area (Å²) in [6.07, 6.45) is 1.00. The molecule has 2 aliphatic rings. The summed E-state index contributed by atoms with van der Waals surface area (Å²) in [4.78, 5) is 16.0. The summed E-state index contributed by atoms with van der Waals surface area (Å²) in [5.41, 5.74) is 0.350. The lowest BCUT2D eigenvalue weighted by Crippen LogP contribution is -2.40. The lowest BCUT2D eigenvalue weighted by Gasteiger charge is -2.29. The minimum absolute atomic E-state index is 0.0475. The molecule has 2 fully saturated rings. The molecule has 2 atom stereocenters. The van der Waals surface area contributed by atoms with Crippen molar-refractivity contribution in [1.82, 2.24) is 15.6 Å². The summed E-state index contributed by atoms with van der Waals surface area (Å²) in [7, 11) is 1.36. The average Bonchev–Trinajstić information content (AvgIpc) is 3.15. The minimum Gasteiger partial charge on any atom is -0.481 e. The summed E-state index contributed by atoms with van der Waals surface area (Å²) in [6, 6.07) is 0.911. The zero-order valence-corrected chi connectivity index (χ0v) is 15.2. The van der Waals surface area contributed by atoms with E-state index in [1.54, 1.807) is 0 Å². The first-order chi connectivity index (χ1) is 12.9. The molecule has 0 aromatic carbocycles. The molecular weight excluding hydrogens is 363 g/mol. The topological polar surface area (TPSA) is 72.5 Å². The molecule has 0 radical (unpaired) electrons. The molecule has 0 spiro atoms. The van der Waals surface area contributed by atoms with Crippen LogP contribution in [0.2, 0.25) is 0 Å². The molecule has 3 rings (SSSR count). The summed E-state index contributed by atoms with van der Waals surface area (Å²) in [5.74, 6) is -4.01. The summed E-state index contributed by atoms with van der Waals surface area (Å²) in [5, 5.41) is 5.81. The van der Waals surface area contributed by atoms with E-state index in [1.165, 1.54) is 7.11 Å². The van der Waals surface area contributed by atoms with Crippen LogP contribution in [0.15, 0.2) is 6.07 Å². The van der Waals surface area contributed by atoms with Crippen LogP contribution in [-0.4, -0.2) is 42.6 Å². The normalized spacial score (nSPS) is 24.4. The number of nitrogens with one attached hydrogen (secondary N) is 2. The van der Waals surface area contributed by atoms with Crippen LogP contribution in [0.1, 0.15) is 44.1 Å². The van der Waals surface area contributed by atoms with Crippen LogP contribution in [0.5, 0.6) is 11.8 Å². The van der Waals surface area contributed by atoms with E-state index < -0.39 is 24.3 Å². The van der Waals surface area contributed by atoms with Gasteiger partial charge in [-0.15, -0.1) is 0 Å². The van der Waals surface area contributed by atoms with E-state index in [9.17, 15) is 18.0 Å². The molecule has 27 heavy (non-hydrogen) atoms. The zero-order valence-electron chi connectivity index (χ0n) is 15.2. The Bertz CT molecular complexity index is 681. The fraction of sp³-hybridized carbons (Fsp3) is 0.667. The van der Waals surface area contributed by atoms with Crippen molar-refractivity contribution in [3.05, 3.63) is 17.4 Å². The van der Waals surface area contributed by atoms with Crippen LogP contribution in [0.25, 0.3) is 0 Å². The monoisotopic (exact) mass is 387 g/mol. The van der Waals surface area contributed by atoms with Crippen molar-refractivity contribution >= 4 is 5.91 Å². The van der Waals surface area contributed by atoms with Crippen molar-refractivity contribution in [2.24, 2.45) is 0 Å². The number of alkyl halides is 2. The fourth-order valence-corrected chi connectivity index (χ4v) is 3.48. The Kier molecular flexibility index (Phi) is 6.08. The van der Waals surface area contributed by atoms with Gasteiger partial charge in [0.05, 0.1) is 13.2 Å². The molecule has 6 nitrogen and oxygen atoms in total. The lowest BCUT2D eigenvalue weighted by atomic mass is 9.94. The van der Waals surface area contributed by atoms with Gasteiger partial charge in [-0.05, 0) is 38.3 Å². The number of amides is 1. The molecule has 1 saturated heterocycles. The van der Waals surface area contributed by atoms with Crippen molar-refractivity contribution in [3.63, 3.8) is 0 Å². The van der Waals surface area contributed by atoms with Gasteiger partial charge in [-0.3, -0.25) is 4.79 Å². The number of carbonyl (C=O) groups excluding carboxylic acids is 1. The predicted octanol–water partition coefficient (Wildman–Crippen LogP) is 2.55. The van der Waals surface area contributed by atoms with E-state index in [2.05, 4.69) is 15.6 Å². The Morgan fingerprint density at radius 2 is 2.19 bits per heavy atom. The highest BCUT2D eigenvalue weighted by atomic mass is 19.3. The molecule has 1 aromatic heterocycles. The van der Waals surface area contributed by atoms with Gasteiger partial charge in [-0.25, -0.2) is 13.2 Å². The Morgan fingerprint density at radius 3 is 2.85 bits per heavy atom. The van der Waals surface area contributed by atoms with Gasteiger partial charge in [-0.2, -0.15) is 4.98 Å². The maximum atomic E-state index is 14.4. The zero-order chi connectivity index (χ0) is 19.4. The molecule has 1 unspecified atom stereocenters. The van der Waals surface area contributed by atoms with Gasteiger partial charge in [0.15, 0.2) is 5.82 Å². The third-order valence-electron chi connectivity index (χ3n) is 4.88. The maximum Gasteiger partial charge on any atom is 0.254 e. The number of pyridine rings is 1. The molecule has 1 aromatic rings. The summed E-state index contributed by atoms with van der Waals surface area (Å²) >= 11 is 0. The molecule has 1 aliphatic carbocycles. The molecular formula is C18H24F3N3O3. The molecule has 2 heterocycles. The Balaban J connectivity index is 1.66. The number of nitrogens with zero attached hydrogens (tertiary/aromatic N) is 1. The smallest absolute Gasteiger partial charge is 0.254 e. The molecule has 150 valence electrons. The standard InChI is InChI=1S/C18H24F3N3O3/c1-26-16-11(10-23-15(25)14-5-3-7-22-14)8-13(19)17(24-16)27-12-4-2-6-18(20,21)9-12/h8,12,14,22H,2-7,9-10H2,1H3,(H,23,25)/t12?,14-/m0/s1. The number of carbonyl (C=O) groups is 1. The quantitative estimate of drug-likeness (QED) is 0.785. The van der Waals surface area contributed by atoms with Gasteiger partial charge in [0.25, 0.3) is 11.8 Å². The first-order valence-electron chi connectivity index (χ1n) is 9.17. The molecule has 1 saturated carbocycles. The van der Waals surface area contributed by atoms with E-state index in [0.29, 0.717) is 18.4 Å². The SMILES string of the molecule is COc1nc(OC2CCCC(F)(F)C2)c(F)cc1CNC(=O)[C@@H]1CCCN1. The molecule has 2 N–H and O–H groups in total. The highest BCUT2D eigenvalue weighted by Crippen LogP contribution is 2.35. The van der Waals surface area contributed by atoms with E-state index in [4.69, 9.17) is 9.47 Å². The highest BCUT2D eigenvalue weighted by molar-refractivity contribution is 5.82. The second-order valence-corrected chi connectivity index (χ2v) is 7.00. The lowest BCUT2D eigenvalue weighted by molar-refractivity contribution is -0.122. The average molecular weight is 387 g/mol. The maximum absolute atomic E-state index is 14.4. The second-order valence-electron chi connectivity index (χ2n) is 7.00. The predicted molar refractivity (Wildman–Crippen MR) is 91.4 cm³/mol. The third kappa shape index (κ3) is 5.03. The van der Waals surface area contributed by atoms with Gasteiger partial charge >= 0.3 is 0 Å². The van der Waals surface area contributed by atoms with E-state index >= 15 is 0 Å². The number of halogens is 3. The molecule has 1 amide bonds. The number of aromatic nitrogens is 1. The van der Waals surface area contributed by atoms with Crippen LogP contribution in [-0.2, 0) is 11.3 Å². The Hall–Kier alpha value is -2.03. The first kappa shape index (κ1) is 19.7. The largest absolute Gasteiger partial charge is 0.481 e. The van der Waals surface area contributed by atoms with E-state index in [0.717, 1.165) is 25.5 Å². The fourth-order valence-electron chi connectivity index (χ4n) is 3.48. The van der Waals surface area contributed by atoms with Crippen LogP contribution in [0, 0.1) is 5.82 Å². The number of hydrogen-bond donors (Lipinski definition) is 2. The summed E-state index contributed by atoms with van der Waals surface area (Å²) < 4.78 is 51.9. The summed E-state index contributed by atoms with van der Waals surface area (Å²) in [6.45, 7) is 0.843. The van der Waals surface area contributed by atoms with E-state index in [-0.39, 0.29) is 36.7 Å². The first-order valence-corrected chi connectivity index (χ1v) is 9.17. The molecule has 0 bridgehead atoms. The van der Waals surface area contributed by atoms with Crippen molar-refractivity contribution in [3.8, 4) is 11.8 Å². The van der Waals surface area contributed by atoms with Crippen molar-refractivity contribution < 1.29 is 27.4 Å². The number of rotatable bonds is 6. The Labute approximate surface area is 155 Å². The number of methoxy groups -OCH3 is 1. The van der Waals surface area contributed by atoms with Crippen molar-refractivity contribution in [2.75, 3.05) is 13.7 Å². The van der Waals surface area contributed by atoms with Crippen molar-refractivity contribution in [2.45, 2.75) is 63.1 Å². The highest BCUT2D eigenvalue weighted by Gasteiger charge is 2.38. The third-order valence-corrected chi connectivity index (χ3v) is 4.88. The number of hydrogen-bond acceptors (Lipinski definition) is 5. The van der Waals surface area contributed by atoms with Crippen LogP contribution >= 0.6 is 0 Å².